The number of hydrogen-bond donors (Lipinski definition) is 1. The number of esters is 1. The summed E-state index contributed by atoms with van der Waals surface area (Å²) < 4.78 is 6.91. The van der Waals surface area contributed by atoms with Crippen LogP contribution in [0.25, 0.3) is 0 Å². The fourth-order valence-electron chi connectivity index (χ4n) is 5.36. The highest BCUT2D eigenvalue weighted by Crippen LogP contribution is 2.41. The van der Waals surface area contributed by atoms with Gasteiger partial charge in [-0.3, -0.25) is 19.1 Å². The number of carbonyl (C=O) groups is 3. The Morgan fingerprint density at radius 2 is 1.78 bits per heavy atom. The fourth-order valence-corrected chi connectivity index (χ4v) is 6.34. The Balaban J connectivity index is 1.62. The molecule has 1 aromatic heterocycles. The van der Waals surface area contributed by atoms with Crippen molar-refractivity contribution in [3.63, 3.8) is 0 Å². The molecule has 0 aliphatic carbocycles. The van der Waals surface area contributed by atoms with Crippen LogP contribution in [-0.2, 0) is 19.1 Å². The van der Waals surface area contributed by atoms with Crippen LogP contribution >= 0.6 is 34.8 Å². The van der Waals surface area contributed by atoms with Crippen molar-refractivity contribution in [1.29, 1.82) is 0 Å². The van der Waals surface area contributed by atoms with Crippen LogP contribution in [0.4, 0.5) is 5.69 Å². The number of halogens is 3. The van der Waals surface area contributed by atoms with Gasteiger partial charge in [0.1, 0.15) is 5.69 Å². The van der Waals surface area contributed by atoms with Gasteiger partial charge in [-0.2, -0.15) is 10.1 Å². The zero-order valence-corrected chi connectivity index (χ0v) is 28.1. The lowest BCUT2D eigenvalue weighted by Crippen LogP contribution is -2.45. The van der Waals surface area contributed by atoms with E-state index < -0.39 is 17.4 Å². The molecule has 1 aliphatic rings. The largest absolute Gasteiger partial charge is 0.465 e. The zero-order valence-electron chi connectivity index (χ0n) is 25.8. The van der Waals surface area contributed by atoms with Crippen LogP contribution < -0.4 is 10.3 Å². The first-order valence-electron chi connectivity index (χ1n) is 15.1. The number of hydrazone groups is 1. The van der Waals surface area contributed by atoms with E-state index >= 15 is 0 Å². The molecule has 45 heavy (non-hydrogen) atoms. The van der Waals surface area contributed by atoms with Gasteiger partial charge in [-0.1, -0.05) is 99.3 Å². The molecule has 2 amide bonds. The lowest BCUT2D eigenvalue weighted by atomic mass is 9.73. The lowest BCUT2D eigenvalue weighted by Gasteiger charge is -2.32. The number of unbranched alkanes of at least 4 members (excludes halogenated alkanes) is 1. The number of rotatable bonds is 13. The summed E-state index contributed by atoms with van der Waals surface area (Å²) in [6.07, 6.45) is 6.34. The molecule has 0 fully saturated rings. The molecule has 0 saturated carbocycles. The molecule has 0 radical (unpaired) electrons. The van der Waals surface area contributed by atoms with Gasteiger partial charge in [-0.05, 0) is 55.4 Å². The van der Waals surface area contributed by atoms with Gasteiger partial charge in [0.05, 0.1) is 22.6 Å². The molecule has 9 nitrogen and oxygen atoms in total. The number of carbonyl (C=O) groups excluding carboxylic acids is 3. The van der Waals surface area contributed by atoms with Crippen LogP contribution in [0.15, 0.2) is 66.0 Å². The highest BCUT2D eigenvalue weighted by Gasteiger charge is 2.44. The van der Waals surface area contributed by atoms with E-state index in [-0.39, 0.29) is 45.3 Å². The van der Waals surface area contributed by atoms with E-state index in [1.807, 2.05) is 58.0 Å². The SMILES string of the molecule is CCCCOC(=O)C(C)CC(CC(C)(CC)C(=O)NC1=NN(c2c(Cl)cc(Cl)cc2Cl)C(=O)C1n1cccn1)c1ccccc1. The highest BCUT2D eigenvalue weighted by molar-refractivity contribution is 6.42. The highest BCUT2D eigenvalue weighted by atomic mass is 35.5. The number of anilines is 1. The molecule has 0 saturated heterocycles. The van der Waals surface area contributed by atoms with Gasteiger partial charge in [0.2, 0.25) is 5.91 Å². The van der Waals surface area contributed by atoms with Crippen molar-refractivity contribution >= 4 is 64.1 Å². The van der Waals surface area contributed by atoms with Crippen LogP contribution in [0.3, 0.4) is 0 Å². The van der Waals surface area contributed by atoms with Gasteiger partial charge >= 0.3 is 5.97 Å². The number of aromatic nitrogens is 2. The second kappa shape index (κ2) is 15.3. The number of nitrogens with one attached hydrogen (secondary N) is 1. The number of benzene rings is 2. The van der Waals surface area contributed by atoms with Crippen molar-refractivity contribution in [2.24, 2.45) is 16.4 Å². The second-order valence-corrected chi connectivity index (χ2v) is 12.8. The molecule has 2 aromatic carbocycles. The van der Waals surface area contributed by atoms with Crippen LogP contribution in [0.5, 0.6) is 0 Å². The predicted octanol–water partition coefficient (Wildman–Crippen LogP) is 7.82. The van der Waals surface area contributed by atoms with Crippen LogP contribution in [0.2, 0.25) is 15.1 Å². The first-order chi connectivity index (χ1) is 21.5. The zero-order chi connectivity index (χ0) is 32.7. The summed E-state index contributed by atoms with van der Waals surface area (Å²) in [6.45, 7) is 8.13. The van der Waals surface area contributed by atoms with Gasteiger partial charge in [0.25, 0.3) is 5.91 Å². The van der Waals surface area contributed by atoms with Crippen LogP contribution in [0.1, 0.15) is 77.3 Å². The van der Waals surface area contributed by atoms with E-state index in [0.29, 0.717) is 30.9 Å². The van der Waals surface area contributed by atoms with Crippen LogP contribution in [-0.4, -0.2) is 40.0 Å². The summed E-state index contributed by atoms with van der Waals surface area (Å²) in [5.41, 5.74) is 0.283. The van der Waals surface area contributed by atoms with Crippen molar-refractivity contribution < 1.29 is 19.1 Å². The maximum Gasteiger partial charge on any atom is 0.308 e. The summed E-state index contributed by atoms with van der Waals surface area (Å²) >= 11 is 19.0. The molecule has 3 aromatic rings. The van der Waals surface area contributed by atoms with Crippen molar-refractivity contribution in [3.05, 3.63) is 81.6 Å². The van der Waals surface area contributed by atoms with Gasteiger partial charge < -0.3 is 10.1 Å². The van der Waals surface area contributed by atoms with Gasteiger partial charge in [-0.25, -0.2) is 0 Å². The molecule has 0 spiro atoms. The summed E-state index contributed by atoms with van der Waals surface area (Å²) in [6, 6.07) is 13.4. The molecule has 4 atom stereocenters. The fraction of sp³-hybridized carbons (Fsp3) is 0.424. The molecule has 2 heterocycles. The van der Waals surface area contributed by atoms with E-state index in [0.717, 1.165) is 23.4 Å². The quantitative estimate of drug-likeness (QED) is 0.147. The van der Waals surface area contributed by atoms with E-state index in [1.54, 1.807) is 12.3 Å². The summed E-state index contributed by atoms with van der Waals surface area (Å²) in [7, 11) is 0. The number of hydrogen-bond acceptors (Lipinski definition) is 6. The third kappa shape index (κ3) is 8.07. The third-order valence-corrected chi connectivity index (χ3v) is 9.01. The van der Waals surface area contributed by atoms with E-state index in [9.17, 15) is 14.4 Å². The molecule has 4 rings (SSSR count). The monoisotopic (exact) mass is 673 g/mol. The number of ether oxygens (including phenoxy) is 1. The van der Waals surface area contributed by atoms with Crippen LogP contribution in [0, 0.1) is 11.3 Å². The van der Waals surface area contributed by atoms with Crippen molar-refractivity contribution in [2.75, 3.05) is 11.6 Å². The minimum atomic E-state index is -1.06. The Bertz CT molecular complexity index is 1510. The maximum atomic E-state index is 14.1. The number of amidine groups is 1. The molecule has 1 N–H and O–H groups in total. The van der Waals surface area contributed by atoms with Crippen molar-refractivity contribution in [3.8, 4) is 0 Å². The number of nitrogens with zero attached hydrogens (tertiary/aromatic N) is 4. The lowest BCUT2D eigenvalue weighted by molar-refractivity contribution is -0.148. The minimum absolute atomic E-state index is 0.0830. The third-order valence-electron chi connectivity index (χ3n) is 8.21. The number of amides is 2. The second-order valence-electron chi connectivity index (χ2n) is 11.6. The Labute approximate surface area is 278 Å². The Kier molecular flexibility index (Phi) is 11.7. The van der Waals surface area contributed by atoms with E-state index in [4.69, 9.17) is 39.5 Å². The summed E-state index contributed by atoms with van der Waals surface area (Å²) in [5.74, 6) is -1.46. The smallest absolute Gasteiger partial charge is 0.308 e. The van der Waals surface area contributed by atoms with Crippen molar-refractivity contribution in [2.45, 2.75) is 71.8 Å². The topological polar surface area (TPSA) is 106 Å². The maximum absolute atomic E-state index is 14.1. The minimum Gasteiger partial charge on any atom is -0.465 e. The van der Waals surface area contributed by atoms with Gasteiger partial charge in [0, 0.05) is 22.8 Å². The first-order valence-corrected chi connectivity index (χ1v) is 16.2. The molecule has 4 unspecified atom stereocenters. The average molecular weight is 675 g/mol. The van der Waals surface area contributed by atoms with Crippen molar-refractivity contribution in [1.82, 2.24) is 15.1 Å². The Morgan fingerprint density at radius 3 is 2.38 bits per heavy atom. The normalized spacial score (nSPS) is 17.4. The van der Waals surface area contributed by atoms with Gasteiger partial charge in [-0.15, -0.1) is 5.10 Å². The van der Waals surface area contributed by atoms with E-state index in [2.05, 4.69) is 15.5 Å². The Morgan fingerprint density at radius 1 is 1.09 bits per heavy atom. The molecule has 12 heteroatoms. The van der Waals surface area contributed by atoms with E-state index in [1.165, 1.54) is 23.0 Å². The standard InChI is InChI=1S/C33H38Cl3N5O4/c1-5-7-16-45-31(43)21(3)17-23(22-12-9-8-10-13-22)20-33(4,6-2)32(44)38-29-28(40-15-11-14-37-40)30(42)41(39-29)27-25(35)18-24(34)19-26(27)36/h8-15,18-19,21,23,28H,5-7,16-17,20H2,1-4H3,(H,38,39,44). The average Bonchev–Trinajstić information content (AvgIpc) is 3.64. The molecule has 1 aliphatic heterocycles. The summed E-state index contributed by atoms with van der Waals surface area (Å²) in [4.78, 5) is 40.7. The molecular weight excluding hydrogens is 637 g/mol. The Hall–Kier alpha value is -3.40. The summed E-state index contributed by atoms with van der Waals surface area (Å²) in [5, 5.41) is 13.3. The van der Waals surface area contributed by atoms with Gasteiger partial charge in [0.15, 0.2) is 11.9 Å². The predicted molar refractivity (Wildman–Crippen MR) is 178 cm³/mol. The molecule has 0 bridgehead atoms. The first kappa shape index (κ1) is 34.5. The molecule has 240 valence electrons. The molecular formula is C33H38Cl3N5O4.